The van der Waals surface area contributed by atoms with E-state index in [0.29, 0.717) is 17.1 Å². The molecule has 9 heteroatoms. The van der Waals surface area contributed by atoms with Crippen molar-refractivity contribution in [2.45, 2.75) is 22.6 Å². The summed E-state index contributed by atoms with van der Waals surface area (Å²) in [4.78, 5) is 37.6. The smallest absolute Gasteiger partial charge is 0.306 e. The normalized spacial score (nSPS) is 10.4. The van der Waals surface area contributed by atoms with Crippen LogP contribution in [0.15, 0.2) is 81.1 Å². The zero-order valence-corrected chi connectivity index (χ0v) is 18.6. The number of amides is 2. The number of hydrogen-bond acceptors (Lipinski definition) is 6. The Labute approximate surface area is 194 Å². The Bertz CT molecular complexity index is 1050. The molecule has 0 unspecified atom stereocenters. The van der Waals surface area contributed by atoms with Crippen molar-refractivity contribution in [2.75, 3.05) is 18.5 Å². The number of para-hydroxylation sites is 1. The molecule has 3 aromatic rings. The number of carbonyl (C=O) groups is 3. The second-order valence-corrected chi connectivity index (χ2v) is 8.15. The number of anilines is 1. The quantitative estimate of drug-likeness (QED) is 0.325. The van der Waals surface area contributed by atoms with E-state index in [1.807, 2.05) is 30.3 Å². The van der Waals surface area contributed by atoms with Crippen LogP contribution < -0.4 is 10.6 Å². The average molecular weight is 473 g/mol. The second-order valence-electron chi connectivity index (χ2n) is 6.60. The van der Waals surface area contributed by atoms with Crippen molar-refractivity contribution in [1.82, 2.24) is 5.32 Å². The minimum atomic E-state index is -0.517. The summed E-state index contributed by atoms with van der Waals surface area (Å²) in [7, 11) is 0. The van der Waals surface area contributed by atoms with Gasteiger partial charge >= 0.3 is 5.97 Å². The summed E-state index contributed by atoms with van der Waals surface area (Å²) >= 11 is 7.40. The highest BCUT2D eigenvalue weighted by atomic mass is 35.5. The van der Waals surface area contributed by atoms with Crippen LogP contribution in [0.25, 0.3) is 0 Å². The van der Waals surface area contributed by atoms with Crippen LogP contribution >= 0.6 is 23.4 Å². The fraction of sp³-hybridized carbons (Fsp3) is 0.174. The molecule has 0 spiro atoms. The van der Waals surface area contributed by atoms with Gasteiger partial charge in [0, 0.05) is 27.8 Å². The third-order valence-corrected chi connectivity index (χ3v) is 5.49. The summed E-state index contributed by atoms with van der Waals surface area (Å²) in [5.41, 5.74) is 0.620. The number of halogens is 1. The fourth-order valence-corrected chi connectivity index (χ4v) is 3.65. The maximum absolute atomic E-state index is 12.2. The molecule has 0 aliphatic heterocycles. The van der Waals surface area contributed by atoms with Crippen LogP contribution in [-0.2, 0) is 14.3 Å². The lowest BCUT2D eigenvalue weighted by atomic mass is 10.3. The monoisotopic (exact) mass is 472 g/mol. The summed E-state index contributed by atoms with van der Waals surface area (Å²) in [6, 6.07) is 17.9. The van der Waals surface area contributed by atoms with Crippen molar-refractivity contribution >= 4 is 46.8 Å². The molecular formula is C23H21ClN2O5S. The van der Waals surface area contributed by atoms with Crippen molar-refractivity contribution in [3.8, 4) is 0 Å². The summed E-state index contributed by atoms with van der Waals surface area (Å²) in [6.45, 7) is -0.104. The minimum Gasteiger partial charge on any atom is -0.459 e. The van der Waals surface area contributed by atoms with Crippen LogP contribution in [0.3, 0.4) is 0 Å². The summed E-state index contributed by atoms with van der Waals surface area (Å²) in [6.07, 6.45) is 1.87. The van der Waals surface area contributed by atoms with Crippen LogP contribution in [0, 0.1) is 0 Å². The first-order valence-electron chi connectivity index (χ1n) is 9.81. The van der Waals surface area contributed by atoms with Crippen LogP contribution in [0.4, 0.5) is 5.69 Å². The molecule has 1 heterocycles. The van der Waals surface area contributed by atoms with E-state index >= 15 is 0 Å². The Morgan fingerprint density at radius 3 is 2.53 bits per heavy atom. The lowest BCUT2D eigenvalue weighted by Crippen LogP contribution is -2.25. The Hall–Kier alpha value is -3.23. The summed E-state index contributed by atoms with van der Waals surface area (Å²) in [5, 5.41) is 6.05. The molecule has 3 rings (SSSR count). The molecule has 0 aliphatic rings. The number of rotatable bonds is 10. The highest BCUT2D eigenvalue weighted by Gasteiger charge is 2.12. The Kier molecular flexibility index (Phi) is 8.77. The number of ether oxygens (including phenoxy) is 1. The molecule has 32 heavy (non-hydrogen) atoms. The van der Waals surface area contributed by atoms with Gasteiger partial charge in [0.15, 0.2) is 12.4 Å². The van der Waals surface area contributed by atoms with E-state index < -0.39 is 18.5 Å². The van der Waals surface area contributed by atoms with E-state index in [-0.39, 0.29) is 24.6 Å². The van der Waals surface area contributed by atoms with E-state index in [1.54, 1.807) is 30.3 Å². The van der Waals surface area contributed by atoms with Crippen LogP contribution in [0.5, 0.6) is 0 Å². The average Bonchev–Trinajstić information content (AvgIpc) is 3.33. The van der Waals surface area contributed by atoms with Gasteiger partial charge in [-0.25, -0.2) is 0 Å². The van der Waals surface area contributed by atoms with E-state index in [4.69, 9.17) is 20.8 Å². The number of furan rings is 1. The molecule has 0 fully saturated rings. The topological polar surface area (TPSA) is 97.6 Å². The van der Waals surface area contributed by atoms with E-state index in [9.17, 15) is 14.4 Å². The summed E-state index contributed by atoms with van der Waals surface area (Å²) in [5.74, 6) is -1.10. The van der Waals surface area contributed by atoms with Crippen LogP contribution in [0.1, 0.15) is 23.4 Å². The van der Waals surface area contributed by atoms with Gasteiger partial charge in [0.1, 0.15) is 0 Å². The van der Waals surface area contributed by atoms with Gasteiger partial charge in [-0.3, -0.25) is 14.4 Å². The lowest BCUT2D eigenvalue weighted by molar-refractivity contribution is -0.147. The van der Waals surface area contributed by atoms with Gasteiger partial charge in [-0.1, -0.05) is 35.5 Å². The molecule has 1 aromatic heterocycles. The predicted octanol–water partition coefficient (Wildman–Crippen LogP) is 4.78. The first-order chi connectivity index (χ1) is 15.5. The maximum atomic E-state index is 12.2. The van der Waals surface area contributed by atoms with Gasteiger partial charge in [0.25, 0.3) is 11.8 Å². The number of carbonyl (C=O) groups excluding carboxylic acids is 3. The number of esters is 1. The van der Waals surface area contributed by atoms with E-state index in [1.165, 1.54) is 18.0 Å². The zero-order chi connectivity index (χ0) is 22.8. The molecular weight excluding hydrogens is 452 g/mol. The molecule has 0 bridgehead atoms. The van der Waals surface area contributed by atoms with Crippen molar-refractivity contribution in [2.24, 2.45) is 0 Å². The maximum Gasteiger partial charge on any atom is 0.306 e. The largest absolute Gasteiger partial charge is 0.459 e. The molecule has 7 nitrogen and oxygen atoms in total. The first-order valence-corrected chi connectivity index (χ1v) is 11.0. The molecule has 2 amide bonds. The Morgan fingerprint density at radius 2 is 1.78 bits per heavy atom. The van der Waals surface area contributed by atoms with Gasteiger partial charge in [-0.2, -0.15) is 0 Å². The molecule has 2 aromatic carbocycles. The molecule has 0 radical (unpaired) electrons. The summed E-state index contributed by atoms with van der Waals surface area (Å²) < 4.78 is 10.0. The predicted molar refractivity (Wildman–Crippen MR) is 122 cm³/mol. The number of benzene rings is 2. The highest BCUT2D eigenvalue weighted by molar-refractivity contribution is 7.99. The molecule has 0 saturated carbocycles. The van der Waals surface area contributed by atoms with Crippen molar-refractivity contribution in [1.29, 1.82) is 0 Å². The van der Waals surface area contributed by atoms with Crippen LogP contribution in [0.2, 0.25) is 5.02 Å². The van der Waals surface area contributed by atoms with Gasteiger partial charge < -0.3 is 19.8 Å². The van der Waals surface area contributed by atoms with Gasteiger partial charge in [0.2, 0.25) is 0 Å². The lowest BCUT2D eigenvalue weighted by Gasteiger charge is -2.11. The van der Waals surface area contributed by atoms with Crippen molar-refractivity contribution < 1.29 is 23.5 Å². The first kappa shape index (κ1) is 23.4. The van der Waals surface area contributed by atoms with Gasteiger partial charge in [0.05, 0.1) is 12.0 Å². The van der Waals surface area contributed by atoms with E-state index in [0.717, 1.165) is 9.79 Å². The van der Waals surface area contributed by atoms with Crippen molar-refractivity contribution in [3.63, 3.8) is 0 Å². The molecule has 0 saturated heterocycles. The number of hydrogen-bond donors (Lipinski definition) is 2. The van der Waals surface area contributed by atoms with Crippen LogP contribution in [-0.4, -0.2) is 30.9 Å². The fourth-order valence-electron chi connectivity index (χ4n) is 2.62. The Balaban J connectivity index is 1.39. The molecule has 0 aliphatic carbocycles. The van der Waals surface area contributed by atoms with Crippen molar-refractivity contribution in [3.05, 3.63) is 77.7 Å². The standard InChI is InChI=1S/C23H21ClN2O5S/c24-16-9-11-17(12-10-16)32-20-7-2-1-5-18(20)26-21(27)15-31-22(28)8-3-13-25-23(29)19-6-4-14-30-19/h1-2,4-7,9-12,14H,3,8,13,15H2,(H,25,29)(H,26,27). The minimum absolute atomic E-state index is 0.0781. The molecule has 166 valence electrons. The molecule has 2 N–H and O–H groups in total. The third kappa shape index (κ3) is 7.47. The number of nitrogens with one attached hydrogen (secondary N) is 2. The Morgan fingerprint density at radius 1 is 1.00 bits per heavy atom. The van der Waals surface area contributed by atoms with E-state index in [2.05, 4.69) is 10.6 Å². The van der Waals surface area contributed by atoms with Gasteiger partial charge in [-0.05, 0) is 55.0 Å². The van der Waals surface area contributed by atoms with Gasteiger partial charge in [-0.15, -0.1) is 0 Å². The molecule has 0 atom stereocenters. The third-order valence-electron chi connectivity index (χ3n) is 4.16. The highest BCUT2D eigenvalue weighted by Crippen LogP contribution is 2.33. The SMILES string of the molecule is O=C(COC(=O)CCCNC(=O)c1ccco1)Nc1ccccc1Sc1ccc(Cl)cc1. The second kappa shape index (κ2) is 12.0. The zero-order valence-electron chi connectivity index (χ0n) is 17.0.